The first-order valence-electron chi connectivity index (χ1n) is 6.98. The van der Waals surface area contributed by atoms with E-state index in [1.165, 1.54) is 29.3 Å². The zero-order valence-corrected chi connectivity index (χ0v) is 15.0. The molecule has 0 saturated heterocycles. The van der Waals surface area contributed by atoms with E-state index in [-0.39, 0.29) is 10.8 Å². The van der Waals surface area contributed by atoms with Gasteiger partial charge in [0.05, 0.1) is 24.6 Å². The molecule has 128 valence electrons. The van der Waals surface area contributed by atoms with Gasteiger partial charge in [-0.2, -0.15) is 5.10 Å². The standard InChI is InChI=1S/C14H17N5O3S2/c1-4-7-5-8(13(21)22-3)12(24-7)18-14(23)17-9-6-16-19(2)10(9)11(15)20/h5-6H,4H2,1-3H3,(H2,15,20)(H2,17,18,23). The van der Waals surface area contributed by atoms with Gasteiger partial charge in [-0.15, -0.1) is 11.3 Å². The van der Waals surface area contributed by atoms with Crippen LogP contribution in [-0.2, 0) is 18.2 Å². The van der Waals surface area contributed by atoms with E-state index in [0.717, 1.165) is 11.3 Å². The van der Waals surface area contributed by atoms with Gasteiger partial charge >= 0.3 is 5.97 Å². The normalized spacial score (nSPS) is 10.3. The number of esters is 1. The third-order valence-corrected chi connectivity index (χ3v) is 4.58. The number of methoxy groups -OCH3 is 1. The van der Waals surface area contributed by atoms with Crippen molar-refractivity contribution >= 4 is 51.2 Å². The van der Waals surface area contributed by atoms with Gasteiger partial charge in [0, 0.05) is 11.9 Å². The van der Waals surface area contributed by atoms with E-state index in [0.29, 0.717) is 16.3 Å². The fourth-order valence-corrected chi connectivity index (χ4v) is 3.31. The molecule has 2 rings (SSSR count). The molecule has 4 N–H and O–H groups in total. The quantitative estimate of drug-likeness (QED) is 0.545. The Labute approximate surface area is 148 Å². The van der Waals surface area contributed by atoms with E-state index >= 15 is 0 Å². The minimum absolute atomic E-state index is 0.202. The fraction of sp³-hybridized carbons (Fsp3) is 0.286. The van der Waals surface area contributed by atoms with Crippen molar-refractivity contribution in [3.8, 4) is 0 Å². The van der Waals surface area contributed by atoms with Crippen LogP contribution in [-0.4, -0.2) is 33.9 Å². The number of hydrogen-bond acceptors (Lipinski definition) is 6. The number of nitrogens with two attached hydrogens (primary N) is 1. The topological polar surface area (TPSA) is 111 Å². The molecule has 8 nitrogen and oxygen atoms in total. The Morgan fingerprint density at radius 1 is 1.46 bits per heavy atom. The van der Waals surface area contributed by atoms with E-state index in [1.807, 2.05) is 6.92 Å². The number of amides is 1. The summed E-state index contributed by atoms with van der Waals surface area (Å²) in [5, 5.41) is 10.6. The second-order valence-corrected chi connectivity index (χ2v) is 6.32. The van der Waals surface area contributed by atoms with Crippen LogP contribution in [0.5, 0.6) is 0 Å². The van der Waals surface area contributed by atoms with E-state index in [4.69, 9.17) is 22.7 Å². The Morgan fingerprint density at radius 3 is 2.75 bits per heavy atom. The number of ether oxygens (including phenoxy) is 1. The Balaban J connectivity index is 2.20. The van der Waals surface area contributed by atoms with Crippen LogP contribution in [0.1, 0.15) is 32.6 Å². The molecule has 0 unspecified atom stereocenters. The second-order valence-electron chi connectivity index (χ2n) is 4.77. The largest absolute Gasteiger partial charge is 0.465 e. The summed E-state index contributed by atoms with van der Waals surface area (Å²) in [6.07, 6.45) is 2.23. The van der Waals surface area contributed by atoms with Crippen molar-refractivity contribution in [2.45, 2.75) is 13.3 Å². The summed E-state index contributed by atoms with van der Waals surface area (Å²) >= 11 is 6.65. The van der Waals surface area contributed by atoms with Crippen LogP contribution in [0.3, 0.4) is 0 Å². The number of rotatable bonds is 5. The summed E-state index contributed by atoms with van der Waals surface area (Å²) in [7, 11) is 2.92. The minimum Gasteiger partial charge on any atom is -0.465 e. The maximum atomic E-state index is 11.9. The van der Waals surface area contributed by atoms with Gasteiger partial charge in [-0.05, 0) is 24.7 Å². The zero-order chi connectivity index (χ0) is 17.9. The van der Waals surface area contributed by atoms with Crippen LogP contribution in [0.2, 0.25) is 0 Å². The monoisotopic (exact) mass is 367 g/mol. The average Bonchev–Trinajstić information content (AvgIpc) is 3.10. The molecule has 2 heterocycles. The van der Waals surface area contributed by atoms with Crippen LogP contribution in [0.25, 0.3) is 0 Å². The molecule has 1 amide bonds. The smallest absolute Gasteiger partial charge is 0.340 e. The van der Waals surface area contributed by atoms with E-state index in [9.17, 15) is 9.59 Å². The predicted molar refractivity (Wildman–Crippen MR) is 96.6 cm³/mol. The van der Waals surface area contributed by atoms with Gasteiger partial charge in [-0.3, -0.25) is 9.48 Å². The Bertz CT molecular complexity index is 796. The maximum absolute atomic E-state index is 11.9. The molecule has 0 aliphatic rings. The molecule has 10 heteroatoms. The van der Waals surface area contributed by atoms with Crippen LogP contribution >= 0.6 is 23.6 Å². The zero-order valence-electron chi connectivity index (χ0n) is 13.4. The van der Waals surface area contributed by atoms with Gasteiger partial charge < -0.3 is 21.1 Å². The Hall–Kier alpha value is -2.46. The van der Waals surface area contributed by atoms with Crippen LogP contribution in [0.4, 0.5) is 10.7 Å². The molecule has 0 aliphatic carbocycles. The molecule has 0 spiro atoms. The van der Waals surface area contributed by atoms with Crippen LogP contribution in [0.15, 0.2) is 12.3 Å². The maximum Gasteiger partial charge on any atom is 0.340 e. The van der Waals surface area contributed by atoms with Crippen molar-refractivity contribution in [2.24, 2.45) is 12.8 Å². The molecule has 0 radical (unpaired) electrons. The number of thiocarbonyl (C=S) groups is 1. The highest BCUT2D eigenvalue weighted by molar-refractivity contribution is 7.80. The molecule has 0 bridgehead atoms. The van der Waals surface area contributed by atoms with Gasteiger partial charge in [-0.1, -0.05) is 6.92 Å². The highest BCUT2D eigenvalue weighted by Crippen LogP contribution is 2.29. The first-order chi connectivity index (χ1) is 11.4. The number of hydrogen-bond donors (Lipinski definition) is 3. The number of aryl methyl sites for hydroxylation is 2. The second kappa shape index (κ2) is 7.41. The van der Waals surface area contributed by atoms with Crippen molar-refractivity contribution in [1.82, 2.24) is 9.78 Å². The number of thiophene rings is 1. The molecule has 0 aromatic carbocycles. The van der Waals surface area contributed by atoms with E-state index < -0.39 is 11.9 Å². The lowest BCUT2D eigenvalue weighted by molar-refractivity contribution is 0.0602. The Kier molecular flexibility index (Phi) is 5.52. The fourth-order valence-electron chi connectivity index (χ4n) is 2.05. The lowest BCUT2D eigenvalue weighted by Gasteiger charge is -2.10. The molecule has 0 aliphatic heterocycles. The first kappa shape index (κ1) is 17.9. The lowest BCUT2D eigenvalue weighted by atomic mass is 10.2. The van der Waals surface area contributed by atoms with Gasteiger partial charge in [0.15, 0.2) is 5.11 Å². The molecule has 24 heavy (non-hydrogen) atoms. The van der Waals surface area contributed by atoms with Gasteiger partial charge in [0.25, 0.3) is 5.91 Å². The predicted octanol–water partition coefficient (Wildman–Crippen LogP) is 1.74. The van der Waals surface area contributed by atoms with E-state index in [1.54, 1.807) is 13.1 Å². The van der Waals surface area contributed by atoms with Gasteiger partial charge in [0.2, 0.25) is 0 Å². The average molecular weight is 367 g/mol. The number of carbonyl (C=O) groups is 2. The summed E-state index contributed by atoms with van der Waals surface area (Å²) in [6, 6.07) is 1.76. The number of anilines is 2. The third-order valence-electron chi connectivity index (χ3n) is 3.18. The lowest BCUT2D eigenvalue weighted by Crippen LogP contribution is -2.23. The van der Waals surface area contributed by atoms with Crippen molar-refractivity contribution in [3.05, 3.63) is 28.4 Å². The van der Waals surface area contributed by atoms with Crippen molar-refractivity contribution < 1.29 is 14.3 Å². The van der Waals surface area contributed by atoms with Crippen LogP contribution in [0, 0.1) is 0 Å². The van der Waals surface area contributed by atoms with Crippen LogP contribution < -0.4 is 16.4 Å². The van der Waals surface area contributed by atoms with Crippen molar-refractivity contribution in [2.75, 3.05) is 17.7 Å². The number of aromatic nitrogens is 2. The summed E-state index contributed by atoms with van der Waals surface area (Å²) < 4.78 is 6.13. The summed E-state index contributed by atoms with van der Waals surface area (Å²) in [4.78, 5) is 24.3. The summed E-state index contributed by atoms with van der Waals surface area (Å²) in [5.41, 5.74) is 6.32. The highest BCUT2D eigenvalue weighted by atomic mass is 32.1. The molecule has 2 aromatic rings. The molecular formula is C14H17N5O3S2. The third kappa shape index (κ3) is 3.71. The minimum atomic E-state index is -0.625. The molecular weight excluding hydrogens is 350 g/mol. The number of nitrogens with one attached hydrogen (secondary N) is 2. The molecule has 2 aromatic heterocycles. The number of nitrogens with zero attached hydrogens (tertiary/aromatic N) is 2. The molecule has 0 fully saturated rings. The number of carbonyl (C=O) groups excluding carboxylic acids is 2. The van der Waals surface area contributed by atoms with Crippen molar-refractivity contribution in [3.63, 3.8) is 0 Å². The highest BCUT2D eigenvalue weighted by Gasteiger charge is 2.19. The van der Waals surface area contributed by atoms with Gasteiger partial charge in [-0.25, -0.2) is 4.79 Å². The van der Waals surface area contributed by atoms with E-state index in [2.05, 4.69) is 15.7 Å². The summed E-state index contributed by atoms with van der Waals surface area (Å²) in [5.74, 6) is -1.07. The molecule has 0 saturated carbocycles. The van der Waals surface area contributed by atoms with Crippen molar-refractivity contribution in [1.29, 1.82) is 0 Å². The first-order valence-corrected chi connectivity index (χ1v) is 8.20. The Morgan fingerprint density at radius 2 is 2.17 bits per heavy atom. The summed E-state index contributed by atoms with van der Waals surface area (Å²) in [6.45, 7) is 1.99. The molecule has 0 atom stereocenters. The van der Waals surface area contributed by atoms with Gasteiger partial charge in [0.1, 0.15) is 10.7 Å². The number of primary amides is 1. The SMILES string of the molecule is CCc1cc(C(=O)OC)c(NC(=S)Nc2cnn(C)c2C(N)=O)s1.